The van der Waals surface area contributed by atoms with Crippen LogP contribution in [0.25, 0.3) is 10.2 Å². The average Bonchev–Trinajstić information content (AvgIpc) is 3.01. The van der Waals surface area contributed by atoms with Crippen LogP contribution in [0.2, 0.25) is 0 Å². The molecule has 0 aliphatic rings. The molecule has 0 amide bonds. The lowest BCUT2D eigenvalue weighted by atomic mass is 10.1. The maximum Gasteiger partial charge on any atom is 0.0958 e. The Labute approximate surface area is 115 Å². The molecule has 1 atom stereocenters. The van der Waals surface area contributed by atoms with E-state index in [1.165, 1.54) is 4.70 Å². The van der Waals surface area contributed by atoms with Crippen molar-refractivity contribution in [2.24, 2.45) is 12.9 Å². The molecule has 5 nitrogen and oxygen atoms in total. The van der Waals surface area contributed by atoms with Crippen molar-refractivity contribution in [1.82, 2.24) is 20.2 Å². The van der Waals surface area contributed by atoms with Gasteiger partial charge in [0, 0.05) is 19.7 Å². The molecule has 1 unspecified atom stereocenters. The molecule has 0 radical (unpaired) electrons. The predicted octanol–water partition coefficient (Wildman–Crippen LogP) is 1.78. The maximum absolute atomic E-state index is 5.63. The van der Waals surface area contributed by atoms with Gasteiger partial charge < -0.3 is 0 Å². The highest BCUT2D eigenvalue weighted by atomic mass is 32.1. The van der Waals surface area contributed by atoms with E-state index in [1.54, 1.807) is 16.0 Å². The molecule has 3 aromatic rings. The summed E-state index contributed by atoms with van der Waals surface area (Å²) in [5.74, 6) is 5.63. The quantitative estimate of drug-likeness (QED) is 0.561. The fraction of sp³-hybridized carbons (Fsp3) is 0.231. The second kappa shape index (κ2) is 5.08. The molecule has 6 heteroatoms. The van der Waals surface area contributed by atoms with Crippen LogP contribution >= 0.6 is 11.3 Å². The summed E-state index contributed by atoms with van der Waals surface area (Å²) >= 11 is 1.70. The average molecular weight is 273 g/mol. The van der Waals surface area contributed by atoms with Gasteiger partial charge in [0.2, 0.25) is 0 Å². The molecule has 3 rings (SSSR count). The summed E-state index contributed by atoms with van der Waals surface area (Å²) in [5, 5.41) is 5.45. The fourth-order valence-corrected chi connectivity index (χ4v) is 3.06. The number of aromatic nitrogens is 3. The SMILES string of the molecule is Cn1ccc(C(Cc2nc3ccccc3s2)NN)n1. The topological polar surface area (TPSA) is 68.8 Å². The molecule has 3 N–H and O–H groups in total. The van der Waals surface area contributed by atoms with Gasteiger partial charge in [-0.25, -0.2) is 4.98 Å². The number of nitrogens with two attached hydrogens (primary N) is 1. The van der Waals surface area contributed by atoms with E-state index in [2.05, 4.69) is 21.6 Å². The summed E-state index contributed by atoms with van der Waals surface area (Å²) in [4.78, 5) is 4.62. The van der Waals surface area contributed by atoms with Crippen molar-refractivity contribution in [2.75, 3.05) is 0 Å². The van der Waals surface area contributed by atoms with Crippen LogP contribution in [-0.2, 0) is 13.5 Å². The minimum absolute atomic E-state index is 0.0123. The number of benzene rings is 1. The molecule has 98 valence electrons. The van der Waals surface area contributed by atoms with Crippen molar-refractivity contribution in [3.63, 3.8) is 0 Å². The first-order valence-electron chi connectivity index (χ1n) is 6.06. The second-order valence-electron chi connectivity index (χ2n) is 4.41. The number of thiazole rings is 1. The van der Waals surface area contributed by atoms with Crippen LogP contribution in [-0.4, -0.2) is 14.8 Å². The number of para-hydroxylation sites is 1. The summed E-state index contributed by atoms with van der Waals surface area (Å²) in [5.41, 5.74) is 4.79. The zero-order valence-electron chi connectivity index (χ0n) is 10.6. The van der Waals surface area contributed by atoms with Crippen LogP contribution in [0.3, 0.4) is 0 Å². The highest BCUT2D eigenvalue weighted by Crippen LogP contribution is 2.25. The van der Waals surface area contributed by atoms with Crippen molar-refractivity contribution >= 4 is 21.6 Å². The summed E-state index contributed by atoms with van der Waals surface area (Å²) < 4.78 is 2.98. The van der Waals surface area contributed by atoms with E-state index < -0.39 is 0 Å². The van der Waals surface area contributed by atoms with Crippen molar-refractivity contribution < 1.29 is 0 Å². The van der Waals surface area contributed by atoms with E-state index in [4.69, 9.17) is 5.84 Å². The number of rotatable bonds is 4. The Hall–Kier alpha value is -1.76. The van der Waals surface area contributed by atoms with Gasteiger partial charge in [0.15, 0.2) is 0 Å². The summed E-state index contributed by atoms with van der Waals surface area (Å²) in [6, 6.07) is 10.1. The molecule has 0 fully saturated rings. The zero-order valence-corrected chi connectivity index (χ0v) is 11.4. The number of nitrogens with one attached hydrogen (secondary N) is 1. The van der Waals surface area contributed by atoms with E-state index in [0.717, 1.165) is 22.6 Å². The van der Waals surface area contributed by atoms with Crippen LogP contribution < -0.4 is 11.3 Å². The lowest BCUT2D eigenvalue weighted by Gasteiger charge is -2.11. The van der Waals surface area contributed by atoms with Gasteiger partial charge in [-0.15, -0.1) is 11.3 Å². The maximum atomic E-state index is 5.63. The number of hydrogen-bond donors (Lipinski definition) is 2. The Bertz CT molecular complexity index is 654. The Morgan fingerprint density at radius 3 is 2.89 bits per heavy atom. The van der Waals surface area contributed by atoms with Crippen LogP contribution in [0, 0.1) is 0 Å². The summed E-state index contributed by atoms with van der Waals surface area (Å²) in [6.45, 7) is 0. The van der Waals surface area contributed by atoms with Gasteiger partial charge >= 0.3 is 0 Å². The predicted molar refractivity (Wildman–Crippen MR) is 76.6 cm³/mol. The standard InChI is InChI=1S/C13H15N5S/c1-18-7-6-9(17-18)11(16-14)8-13-15-10-4-2-3-5-12(10)19-13/h2-7,11,16H,8,14H2,1H3. The lowest BCUT2D eigenvalue weighted by molar-refractivity contribution is 0.528. The Balaban J connectivity index is 1.86. The Kier molecular flexibility index (Phi) is 3.29. The number of hydrogen-bond acceptors (Lipinski definition) is 5. The van der Waals surface area contributed by atoms with E-state index in [-0.39, 0.29) is 6.04 Å². The third kappa shape index (κ3) is 2.51. The molecular weight excluding hydrogens is 258 g/mol. The first-order chi connectivity index (χ1) is 9.26. The smallest absolute Gasteiger partial charge is 0.0958 e. The minimum Gasteiger partial charge on any atom is -0.275 e. The van der Waals surface area contributed by atoms with Crippen molar-refractivity contribution in [3.05, 3.63) is 47.2 Å². The van der Waals surface area contributed by atoms with Crippen LogP contribution in [0.5, 0.6) is 0 Å². The summed E-state index contributed by atoms with van der Waals surface area (Å²) in [6.07, 6.45) is 2.66. The molecule has 0 saturated heterocycles. The van der Waals surface area contributed by atoms with Crippen molar-refractivity contribution in [1.29, 1.82) is 0 Å². The normalized spacial score (nSPS) is 12.9. The molecular formula is C13H15N5S. The van der Waals surface area contributed by atoms with E-state index in [1.807, 2.05) is 37.5 Å². The lowest BCUT2D eigenvalue weighted by Crippen LogP contribution is -2.30. The molecule has 2 heterocycles. The number of nitrogens with zero attached hydrogens (tertiary/aromatic N) is 3. The first kappa shape index (κ1) is 12.3. The van der Waals surface area contributed by atoms with Gasteiger partial charge in [-0.05, 0) is 18.2 Å². The third-order valence-electron chi connectivity index (χ3n) is 3.01. The van der Waals surface area contributed by atoms with Gasteiger partial charge in [0.1, 0.15) is 0 Å². The number of aryl methyl sites for hydroxylation is 1. The molecule has 0 aliphatic carbocycles. The molecule has 0 saturated carbocycles. The molecule has 0 spiro atoms. The first-order valence-corrected chi connectivity index (χ1v) is 6.88. The zero-order chi connectivity index (χ0) is 13.2. The van der Waals surface area contributed by atoms with Gasteiger partial charge in [-0.2, -0.15) is 5.10 Å². The highest BCUT2D eigenvalue weighted by molar-refractivity contribution is 7.18. The number of fused-ring (bicyclic) bond motifs is 1. The molecule has 19 heavy (non-hydrogen) atoms. The third-order valence-corrected chi connectivity index (χ3v) is 4.07. The van der Waals surface area contributed by atoms with Crippen LogP contribution in [0.4, 0.5) is 0 Å². The van der Waals surface area contributed by atoms with Gasteiger partial charge in [0.25, 0.3) is 0 Å². The number of hydrazine groups is 1. The van der Waals surface area contributed by atoms with E-state index in [0.29, 0.717) is 0 Å². The Morgan fingerprint density at radius 2 is 2.21 bits per heavy atom. The van der Waals surface area contributed by atoms with Crippen LogP contribution in [0.1, 0.15) is 16.7 Å². The fourth-order valence-electron chi connectivity index (χ4n) is 2.05. The van der Waals surface area contributed by atoms with Crippen LogP contribution in [0.15, 0.2) is 36.5 Å². The molecule has 0 bridgehead atoms. The second-order valence-corrected chi connectivity index (χ2v) is 5.53. The highest BCUT2D eigenvalue weighted by Gasteiger charge is 2.15. The molecule has 0 aliphatic heterocycles. The molecule has 2 aromatic heterocycles. The van der Waals surface area contributed by atoms with Gasteiger partial charge in [0.05, 0.1) is 27.0 Å². The van der Waals surface area contributed by atoms with Gasteiger partial charge in [-0.3, -0.25) is 16.0 Å². The van der Waals surface area contributed by atoms with Crippen molar-refractivity contribution in [3.8, 4) is 0 Å². The van der Waals surface area contributed by atoms with E-state index in [9.17, 15) is 0 Å². The van der Waals surface area contributed by atoms with E-state index >= 15 is 0 Å². The summed E-state index contributed by atoms with van der Waals surface area (Å²) in [7, 11) is 1.90. The Morgan fingerprint density at radius 1 is 1.37 bits per heavy atom. The van der Waals surface area contributed by atoms with Gasteiger partial charge in [-0.1, -0.05) is 12.1 Å². The van der Waals surface area contributed by atoms with Crippen molar-refractivity contribution in [2.45, 2.75) is 12.5 Å². The largest absolute Gasteiger partial charge is 0.275 e. The minimum atomic E-state index is -0.0123. The molecule has 1 aromatic carbocycles. The monoisotopic (exact) mass is 273 g/mol.